The predicted molar refractivity (Wildman–Crippen MR) is 129 cm³/mol. The molecular weight excluding hydrogens is 396 g/mol. The molecule has 0 fully saturated rings. The molecule has 1 N–H and O–H groups in total. The summed E-state index contributed by atoms with van der Waals surface area (Å²) in [4.78, 5) is 28.7. The molecule has 0 heterocycles. The van der Waals surface area contributed by atoms with E-state index in [2.05, 4.69) is 12.2 Å². The normalized spacial score (nSPS) is 11.5. The molecule has 0 aliphatic rings. The second-order valence-corrected chi connectivity index (χ2v) is 7.98. The van der Waals surface area contributed by atoms with Gasteiger partial charge in [-0.2, -0.15) is 0 Å². The van der Waals surface area contributed by atoms with Crippen molar-refractivity contribution in [2.75, 3.05) is 6.54 Å². The molecule has 166 valence electrons. The van der Waals surface area contributed by atoms with Crippen molar-refractivity contribution in [3.63, 3.8) is 0 Å². The number of nitrogens with one attached hydrogen (secondary N) is 1. The Morgan fingerprint density at radius 1 is 0.781 bits per heavy atom. The van der Waals surface area contributed by atoms with Crippen molar-refractivity contribution in [3.8, 4) is 0 Å². The predicted octanol–water partition coefficient (Wildman–Crippen LogP) is 5.31. The molecule has 1 atom stereocenters. The Labute approximate surface area is 191 Å². The molecule has 1 unspecified atom stereocenters. The van der Waals surface area contributed by atoms with Crippen LogP contribution in [0.15, 0.2) is 91.0 Å². The van der Waals surface area contributed by atoms with Gasteiger partial charge in [-0.05, 0) is 23.1 Å². The quantitative estimate of drug-likeness (QED) is 0.421. The van der Waals surface area contributed by atoms with Crippen LogP contribution in [0.3, 0.4) is 0 Å². The van der Waals surface area contributed by atoms with Crippen molar-refractivity contribution in [2.45, 2.75) is 45.2 Å². The Kier molecular flexibility index (Phi) is 9.05. The van der Waals surface area contributed by atoms with Crippen LogP contribution in [0.1, 0.15) is 48.9 Å². The number of rotatable bonds is 11. The molecule has 0 saturated heterocycles. The summed E-state index contributed by atoms with van der Waals surface area (Å²) in [5.41, 5.74) is 2.75. The van der Waals surface area contributed by atoms with Gasteiger partial charge >= 0.3 is 0 Å². The number of unbranched alkanes of at least 4 members (excludes halogenated alkanes) is 2. The number of carbonyl (C=O) groups excluding carboxylic acids is 2. The lowest BCUT2D eigenvalue weighted by molar-refractivity contribution is -0.141. The Hall–Kier alpha value is -3.40. The van der Waals surface area contributed by atoms with Gasteiger partial charge in [0, 0.05) is 13.1 Å². The van der Waals surface area contributed by atoms with E-state index in [1.54, 1.807) is 4.90 Å². The highest BCUT2D eigenvalue weighted by atomic mass is 16.2. The van der Waals surface area contributed by atoms with Gasteiger partial charge in [-0.25, -0.2) is 0 Å². The third kappa shape index (κ3) is 6.81. The van der Waals surface area contributed by atoms with Crippen LogP contribution in [0.25, 0.3) is 0 Å². The molecule has 3 aromatic carbocycles. The van der Waals surface area contributed by atoms with Gasteiger partial charge in [0.2, 0.25) is 11.8 Å². The van der Waals surface area contributed by atoms with Crippen LogP contribution in [-0.2, 0) is 22.6 Å². The lowest BCUT2D eigenvalue weighted by atomic mass is 10.0. The van der Waals surface area contributed by atoms with E-state index >= 15 is 0 Å². The van der Waals surface area contributed by atoms with Gasteiger partial charge in [0.15, 0.2) is 0 Å². The van der Waals surface area contributed by atoms with Gasteiger partial charge in [-0.1, -0.05) is 111 Å². The van der Waals surface area contributed by atoms with Crippen molar-refractivity contribution in [1.82, 2.24) is 10.2 Å². The zero-order valence-electron chi connectivity index (χ0n) is 18.7. The van der Waals surface area contributed by atoms with E-state index in [4.69, 9.17) is 0 Å². The second kappa shape index (κ2) is 12.5. The van der Waals surface area contributed by atoms with Gasteiger partial charge in [0.25, 0.3) is 0 Å². The third-order valence-corrected chi connectivity index (χ3v) is 5.47. The molecule has 2 amide bonds. The standard InChI is InChI=1S/C28H32N2O2/c1-2-3-13-20-29-28(32)27(25-18-11-6-12-19-25)30(22-24-16-9-5-10-17-24)26(31)21-23-14-7-4-8-15-23/h4-12,14-19,27H,2-3,13,20-22H2,1H3,(H,29,32). The zero-order valence-corrected chi connectivity index (χ0v) is 18.7. The summed E-state index contributed by atoms with van der Waals surface area (Å²) in [6.45, 7) is 3.12. The van der Waals surface area contributed by atoms with E-state index in [1.807, 2.05) is 91.0 Å². The highest BCUT2D eigenvalue weighted by Gasteiger charge is 2.31. The first-order chi connectivity index (χ1) is 15.7. The number of carbonyl (C=O) groups is 2. The molecule has 0 aliphatic carbocycles. The van der Waals surface area contributed by atoms with Gasteiger partial charge in [0.05, 0.1) is 6.42 Å². The summed E-state index contributed by atoms with van der Waals surface area (Å²) in [7, 11) is 0. The van der Waals surface area contributed by atoms with Crippen molar-refractivity contribution in [2.24, 2.45) is 0 Å². The van der Waals surface area contributed by atoms with E-state index in [1.165, 1.54) is 0 Å². The fraction of sp³-hybridized carbons (Fsp3) is 0.286. The Morgan fingerprint density at radius 2 is 1.34 bits per heavy atom. The molecule has 0 saturated carbocycles. The number of nitrogens with zero attached hydrogens (tertiary/aromatic N) is 1. The molecule has 4 heteroatoms. The van der Waals surface area contributed by atoms with Crippen molar-refractivity contribution in [1.29, 1.82) is 0 Å². The first kappa shape index (κ1) is 23.3. The smallest absolute Gasteiger partial charge is 0.247 e. The van der Waals surface area contributed by atoms with E-state index in [9.17, 15) is 9.59 Å². The van der Waals surface area contributed by atoms with Crippen LogP contribution in [0.4, 0.5) is 0 Å². The van der Waals surface area contributed by atoms with E-state index in [-0.39, 0.29) is 18.2 Å². The Bertz CT molecular complexity index is 958. The Morgan fingerprint density at radius 3 is 1.94 bits per heavy atom. The largest absolute Gasteiger partial charge is 0.354 e. The molecule has 0 aromatic heterocycles. The topological polar surface area (TPSA) is 49.4 Å². The highest BCUT2D eigenvalue weighted by molar-refractivity contribution is 5.89. The maximum atomic E-state index is 13.6. The van der Waals surface area contributed by atoms with Crippen LogP contribution < -0.4 is 5.32 Å². The molecule has 0 spiro atoms. The van der Waals surface area contributed by atoms with Crippen LogP contribution in [0, 0.1) is 0 Å². The summed E-state index contributed by atoms with van der Waals surface area (Å²) < 4.78 is 0. The second-order valence-electron chi connectivity index (χ2n) is 7.98. The highest BCUT2D eigenvalue weighted by Crippen LogP contribution is 2.25. The van der Waals surface area contributed by atoms with Crippen LogP contribution in [-0.4, -0.2) is 23.3 Å². The van der Waals surface area contributed by atoms with Gasteiger partial charge in [-0.3, -0.25) is 9.59 Å². The summed E-state index contributed by atoms with van der Waals surface area (Å²) in [5.74, 6) is -0.206. The minimum atomic E-state index is -0.686. The van der Waals surface area contributed by atoms with Crippen LogP contribution in [0.2, 0.25) is 0 Å². The molecule has 0 bridgehead atoms. The Balaban J connectivity index is 1.91. The fourth-order valence-electron chi connectivity index (χ4n) is 3.77. The summed E-state index contributed by atoms with van der Waals surface area (Å²) in [5, 5.41) is 3.07. The van der Waals surface area contributed by atoms with E-state index < -0.39 is 6.04 Å². The van der Waals surface area contributed by atoms with Gasteiger partial charge in [-0.15, -0.1) is 0 Å². The first-order valence-corrected chi connectivity index (χ1v) is 11.4. The monoisotopic (exact) mass is 428 g/mol. The molecule has 0 radical (unpaired) electrons. The number of hydrogen-bond acceptors (Lipinski definition) is 2. The lowest BCUT2D eigenvalue weighted by Gasteiger charge is -2.32. The molecule has 0 aliphatic heterocycles. The first-order valence-electron chi connectivity index (χ1n) is 11.4. The summed E-state index contributed by atoms with van der Waals surface area (Å²) in [6.07, 6.45) is 3.34. The van der Waals surface area contributed by atoms with Crippen molar-refractivity contribution in [3.05, 3.63) is 108 Å². The maximum Gasteiger partial charge on any atom is 0.247 e. The molecule has 3 rings (SSSR count). The maximum absolute atomic E-state index is 13.6. The van der Waals surface area contributed by atoms with Crippen LogP contribution in [0.5, 0.6) is 0 Å². The minimum Gasteiger partial charge on any atom is -0.354 e. The van der Waals surface area contributed by atoms with E-state index in [0.717, 1.165) is 36.0 Å². The van der Waals surface area contributed by atoms with Gasteiger partial charge < -0.3 is 10.2 Å². The zero-order chi connectivity index (χ0) is 22.6. The number of benzene rings is 3. The molecule has 4 nitrogen and oxygen atoms in total. The van der Waals surface area contributed by atoms with Crippen molar-refractivity contribution >= 4 is 11.8 Å². The van der Waals surface area contributed by atoms with Crippen molar-refractivity contribution < 1.29 is 9.59 Å². The molecule has 32 heavy (non-hydrogen) atoms. The average molecular weight is 429 g/mol. The summed E-state index contributed by atoms with van der Waals surface area (Å²) >= 11 is 0. The number of hydrogen-bond donors (Lipinski definition) is 1. The minimum absolute atomic E-state index is 0.0717. The molecule has 3 aromatic rings. The van der Waals surface area contributed by atoms with E-state index in [0.29, 0.717) is 13.1 Å². The average Bonchev–Trinajstić information content (AvgIpc) is 2.83. The summed E-state index contributed by atoms with van der Waals surface area (Å²) in [6, 6.07) is 28.4. The third-order valence-electron chi connectivity index (χ3n) is 5.47. The lowest BCUT2D eigenvalue weighted by Crippen LogP contribution is -2.44. The van der Waals surface area contributed by atoms with Crippen LogP contribution >= 0.6 is 0 Å². The SMILES string of the molecule is CCCCCNC(=O)C(c1ccccc1)N(Cc1ccccc1)C(=O)Cc1ccccc1. The fourth-order valence-corrected chi connectivity index (χ4v) is 3.77. The molecular formula is C28H32N2O2. The number of amides is 2. The van der Waals surface area contributed by atoms with Gasteiger partial charge in [0.1, 0.15) is 6.04 Å².